The van der Waals surface area contributed by atoms with Crippen LogP contribution in [0.15, 0.2) is 0 Å². The largest absolute Gasteiger partial charge is 0.481 e. The second-order valence-corrected chi connectivity index (χ2v) is 3.49. The quantitative estimate of drug-likeness (QED) is 0.473. The standard InChI is InChI=1S/C5H6Br2O3/c6-1-4(7)3(2-8)5(9)10/h2-4H,1H2,(H,9,10). The van der Waals surface area contributed by atoms with Crippen molar-refractivity contribution in [2.24, 2.45) is 5.92 Å². The van der Waals surface area contributed by atoms with E-state index >= 15 is 0 Å². The van der Waals surface area contributed by atoms with Crippen LogP contribution in [0.2, 0.25) is 0 Å². The number of aliphatic carboxylic acids is 1. The summed E-state index contributed by atoms with van der Waals surface area (Å²) >= 11 is 6.10. The van der Waals surface area contributed by atoms with Crippen molar-refractivity contribution in [2.75, 3.05) is 5.33 Å². The van der Waals surface area contributed by atoms with Crippen molar-refractivity contribution in [1.29, 1.82) is 0 Å². The predicted molar refractivity (Wildman–Crippen MR) is 43.7 cm³/mol. The zero-order chi connectivity index (χ0) is 8.15. The molecule has 3 nitrogen and oxygen atoms in total. The van der Waals surface area contributed by atoms with Gasteiger partial charge in [0, 0.05) is 10.2 Å². The Morgan fingerprint density at radius 3 is 2.30 bits per heavy atom. The lowest BCUT2D eigenvalue weighted by atomic mass is 10.1. The first-order valence-corrected chi connectivity index (χ1v) is 4.55. The summed E-state index contributed by atoms with van der Waals surface area (Å²) in [5.41, 5.74) is 0. The van der Waals surface area contributed by atoms with Crippen molar-refractivity contribution in [3.63, 3.8) is 0 Å². The van der Waals surface area contributed by atoms with Crippen molar-refractivity contribution in [2.45, 2.75) is 4.83 Å². The molecule has 0 aliphatic heterocycles. The summed E-state index contributed by atoms with van der Waals surface area (Å²) in [6.07, 6.45) is 0.420. The molecule has 0 amide bonds. The van der Waals surface area contributed by atoms with Crippen molar-refractivity contribution in [3.05, 3.63) is 0 Å². The molecule has 0 spiro atoms. The van der Waals surface area contributed by atoms with Gasteiger partial charge in [0.1, 0.15) is 12.2 Å². The summed E-state index contributed by atoms with van der Waals surface area (Å²) in [6, 6.07) is 0. The van der Waals surface area contributed by atoms with Gasteiger partial charge in [-0.25, -0.2) is 0 Å². The third kappa shape index (κ3) is 2.79. The Morgan fingerprint density at radius 2 is 2.20 bits per heavy atom. The molecule has 0 aromatic carbocycles. The maximum atomic E-state index is 10.2. The molecule has 0 rings (SSSR count). The van der Waals surface area contributed by atoms with Gasteiger partial charge < -0.3 is 9.90 Å². The van der Waals surface area contributed by atoms with Gasteiger partial charge in [0.15, 0.2) is 0 Å². The molecule has 10 heavy (non-hydrogen) atoms. The molecule has 0 fully saturated rings. The van der Waals surface area contributed by atoms with Crippen LogP contribution in [-0.2, 0) is 9.59 Å². The molecule has 0 aromatic heterocycles. The van der Waals surface area contributed by atoms with Crippen LogP contribution in [0.5, 0.6) is 0 Å². The first-order chi connectivity index (χ1) is 4.63. The van der Waals surface area contributed by atoms with E-state index in [1.165, 1.54) is 0 Å². The topological polar surface area (TPSA) is 54.4 Å². The number of aldehydes is 1. The lowest BCUT2D eigenvalue weighted by Gasteiger charge is -2.07. The van der Waals surface area contributed by atoms with Gasteiger partial charge in [0.05, 0.1) is 0 Å². The van der Waals surface area contributed by atoms with Crippen molar-refractivity contribution >= 4 is 44.1 Å². The van der Waals surface area contributed by atoms with Gasteiger partial charge in [0.2, 0.25) is 0 Å². The van der Waals surface area contributed by atoms with Crippen molar-refractivity contribution in [1.82, 2.24) is 0 Å². The summed E-state index contributed by atoms with van der Waals surface area (Å²) in [6.45, 7) is 0. The van der Waals surface area contributed by atoms with E-state index in [0.717, 1.165) is 0 Å². The maximum absolute atomic E-state index is 10.2. The molecule has 0 aliphatic carbocycles. The van der Waals surface area contributed by atoms with E-state index in [2.05, 4.69) is 31.9 Å². The molecule has 2 unspecified atom stereocenters. The lowest BCUT2D eigenvalue weighted by Crippen LogP contribution is -2.25. The van der Waals surface area contributed by atoms with Crippen LogP contribution in [-0.4, -0.2) is 27.5 Å². The first kappa shape index (κ1) is 10.1. The van der Waals surface area contributed by atoms with E-state index in [1.807, 2.05) is 0 Å². The number of carbonyl (C=O) groups is 2. The number of hydrogen-bond acceptors (Lipinski definition) is 2. The first-order valence-electron chi connectivity index (χ1n) is 2.51. The third-order valence-corrected chi connectivity index (χ3v) is 3.43. The number of halogens is 2. The van der Waals surface area contributed by atoms with E-state index in [0.29, 0.717) is 11.6 Å². The van der Waals surface area contributed by atoms with E-state index in [9.17, 15) is 9.59 Å². The number of carbonyl (C=O) groups excluding carboxylic acids is 1. The Kier molecular flexibility index (Phi) is 4.89. The molecule has 2 atom stereocenters. The number of rotatable bonds is 4. The minimum absolute atomic E-state index is 0.331. The zero-order valence-corrected chi connectivity index (χ0v) is 8.13. The zero-order valence-electron chi connectivity index (χ0n) is 4.96. The summed E-state index contributed by atoms with van der Waals surface area (Å²) in [4.78, 5) is 20.0. The highest BCUT2D eigenvalue weighted by Gasteiger charge is 2.24. The van der Waals surface area contributed by atoms with Crippen LogP contribution in [0.25, 0.3) is 0 Å². The van der Waals surface area contributed by atoms with Crippen LogP contribution in [0.3, 0.4) is 0 Å². The van der Waals surface area contributed by atoms with Gasteiger partial charge in [-0.1, -0.05) is 31.9 Å². The third-order valence-electron chi connectivity index (χ3n) is 0.969. The van der Waals surface area contributed by atoms with Gasteiger partial charge in [0.25, 0.3) is 0 Å². The van der Waals surface area contributed by atoms with Gasteiger partial charge in [-0.3, -0.25) is 4.79 Å². The molecule has 0 saturated heterocycles. The monoisotopic (exact) mass is 272 g/mol. The fraction of sp³-hybridized carbons (Fsp3) is 0.600. The summed E-state index contributed by atoms with van der Waals surface area (Å²) < 4.78 is 0. The number of carboxylic acid groups (broad SMARTS) is 1. The van der Waals surface area contributed by atoms with E-state index in [1.54, 1.807) is 0 Å². The van der Waals surface area contributed by atoms with E-state index < -0.39 is 11.9 Å². The SMILES string of the molecule is O=CC(C(=O)O)C(Br)CBr. The van der Waals surface area contributed by atoms with Crippen LogP contribution < -0.4 is 0 Å². The minimum Gasteiger partial charge on any atom is -0.481 e. The Hall–Kier alpha value is 0.1000. The van der Waals surface area contributed by atoms with E-state index in [-0.39, 0.29) is 4.83 Å². The molecular formula is C5H6Br2O3. The lowest BCUT2D eigenvalue weighted by molar-refractivity contribution is -0.143. The second kappa shape index (κ2) is 4.85. The second-order valence-electron chi connectivity index (χ2n) is 1.67. The molecule has 5 heteroatoms. The number of carboxylic acids is 1. The molecular weight excluding hydrogens is 268 g/mol. The minimum atomic E-state index is -1.10. The Labute approximate surface area is 75.1 Å². The fourth-order valence-corrected chi connectivity index (χ4v) is 1.15. The highest BCUT2D eigenvalue weighted by Crippen LogP contribution is 2.13. The highest BCUT2D eigenvalue weighted by atomic mass is 79.9. The Balaban J connectivity index is 4.05. The van der Waals surface area contributed by atoms with Gasteiger partial charge in [-0.15, -0.1) is 0 Å². The van der Waals surface area contributed by atoms with Crippen LogP contribution in [0.4, 0.5) is 0 Å². The van der Waals surface area contributed by atoms with Crippen LogP contribution >= 0.6 is 31.9 Å². The average molecular weight is 274 g/mol. The molecule has 0 aliphatic rings. The molecule has 0 radical (unpaired) electrons. The molecule has 0 saturated carbocycles. The molecule has 0 aromatic rings. The molecule has 0 heterocycles. The maximum Gasteiger partial charge on any atom is 0.314 e. The molecule has 58 valence electrons. The fourth-order valence-electron chi connectivity index (χ4n) is 0.394. The summed E-state index contributed by atoms with van der Waals surface area (Å²) in [7, 11) is 0. The van der Waals surface area contributed by atoms with Gasteiger partial charge >= 0.3 is 5.97 Å². The Bertz CT molecular complexity index is 137. The van der Waals surface area contributed by atoms with Gasteiger partial charge in [-0.2, -0.15) is 0 Å². The van der Waals surface area contributed by atoms with Crippen LogP contribution in [0, 0.1) is 5.92 Å². The van der Waals surface area contributed by atoms with Crippen LogP contribution in [0.1, 0.15) is 0 Å². The summed E-state index contributed by atoms with van der Waals surface area (Å²) in [5, 5.41) is 8.84. The normalized spacial score (nSPS) is 15.8. The smallest absolute Gasteiger partial charge is 0.314 e. The Morgan fingerprint density at radius 1 is 1.70 bits per heavy atom. The number of hydrogen-bond donors (Lipinski definition) is 1. The molecule has 0 bridgehead atoms. The number of alkyl halides is 2. The van der Waals surface area contributed by atoms with Crippen molar-refractivity contribution in [3.8, 4) is 0 Å². The highest BCUT2D eigenvalue weighted by molar-refractivity contribution is 9.12. The predicted octanol–water partition coefficient (Wildman–Crippen LogP) is 1.04. The summed E-state index contributed by atoms with van der Waals surface area (Å²) in [5.74, 6) is -2.06. The van der Waals surface area contributed by atoms with Crippen molar-refractivity contribution < 1.29 is 14.7 Å². The molecule has 1 N–H and O–H groups in total. The van der Waals surface area contributed by atoms with Gasteiger partial charge in [-0.05, 0) is 0 Å². The van der Waals surface area contributed by atoms with E-state index in [4.69, 9.17) is 5.11 Å². The average Bonchev–Trinajstić information content (AvgIpc) is 1.88.